The molecule has 1 aliphatic heterocycles. The summed E-state index contributed by atoms with van der Waals surface area (Å²) in [6.07, 6.45) is -0.530. The number of nitrogens with zero attached hydrogens (tertiary/aromatic N) is 3. The van der Waals surface area contributed by atoms with Crippen molar-refractivity contribution in [2.45, 2.75) is 12.6 Å². The number of para-hydroxylation sites is 1. The number of hydrogen-bond donors (Lipinski definition) is 2. The molecule has 0 saturated heterocycles. The summed E-state index contributed by atoms with van der Waals surface area (Å²) in [7, 11) is 3.62. The smallest absolute Gasteiger partial charge is 0.308 e. The van der Waals surface area contributed by atoms with Crippen LogP contribution >= 0.6 is 11.6 Å². The Morgan fingerprint density at radius 2 is 1.72 bits per heavy atom. The molecule has 0 fully saturated rings. The second-order valence-corrected chi connectivity index (χ2v) is 8.79. The van der Waals surface area contributed by atoms with Gasteiger partial charge >= 0.3 is 6.03 Å². The maximum absolute atomic E-state index is 13.8. The summed E-state index contributed by atoms with van der Waals surface area (Å²) in [6, 6.07) is 23.4. The Labute approximate surface area is 215 Å². The van der Waals surface area contributed by atoms with E-state index in [4.69, 9.17) is 21.4 Å². The van der Waals surface area contributed by atoms with Gasteiger partial charge in [0.05, 0.1) is 18.0 Å². The van der Waals surface area contributed by atoms with Gasteiger partial charge in [0.1, 0.15) is 0 Å². The number of nitrogens with one attached hydrogen (secondary N) is 2. The van der Waals surface area contributed by atoms with Gasteiger partial charge in [0.2, 0.25) is 6.17 Å². The fourth-order valence-corrected chi connectivity index (χ4v) is 4.00. The first-order chi connectivity index (χ1) is 17.4. The maximum Gasteiger partial charge on any atom is 0.321 e. The fraction of sp³-hybridized carbons (Fsp3) is 0.222. The highest BCUT2D eigenvalue weighted by Crippen LogP contribution is 2.28. The van der Waals surface area contributed by atoms with E-state index in [0.717, 1.165) is 16.8 Å². The van der Waals surface area contributed by atoms with Crippen LogP contribution in [0.25, 0.3) is 0 Å². The molecule has 0 radical (unpaired) electrons. The van der Waals surface area contributed by atoms with E-state index in [0.29, 0.717) is 36.0 Å². The van der Waals surface area contributed by atoms with Gasteiger partial charge in [-0.05, 0) is 36.8 Å². The van der Waals surface area contributed by atoms with Gasteiger partial charge in [-0.2, -0.15) is 5.06 Å². The van der Waals surface area contributed by atoms with Crippen LogP contribution in [0.3, 0.4) is 0 Å². The third-order valence-corrected chi connectivity index (χ3v) is 5.75. The van der Waals surface area contributed by atoms with Crippen molar-refractivity contribution in [3.63, 3.8) is 0 Å². The van der Waals surface area contributed by atoms with Gasteiger partial charge in [-0.15, -0.1) is 0 Å². The standard InChI is InChI=1S/C27H28ClN5O3/c1-32(2)36-18-8-17-33-23-12-7-6-11-22(23)24(19-9-4-3-5-10-19)30-25(26(33)34)31-27(35)29-21-15-13-20(28)14-16-21/h3-7,9-16,25H,8,17-18H2,1-2H3,(H2,29,31,35). The van der Waals surface area contributed by atoms with Crippen LogP contribution in [0.2, 0.25) is 5.02 Å². The molecule has 1 unspecified atom stereocenters. The number of fused-ring (bicyclic) bond motifs is 1. The average molecular weight is 506 g/mol. The number of halogens is 1. The zero-order chi connectivity index (χ0) is 25.5. The minimum absolute atomic E-state index is 0.329. The molecule has 3 amide bonds. The Balaban J connectivity index is 1.66. The van der Waals surface area contributed by atoms with Crippen LogP contribution < -0.4 is 15.5 Å². The number of rotatable bonds is 8. The summed E-state index contributed by atoms with van der Waals surface area (Å²) in [6.45, 7) is 0.846. The molecule has 36 heavy (non-hydrogen) atoms. The van der Waals surface area contributed by atoms with E-state index in [9.17, 15) is 9.59 Å². The van der Waals surface area contributed by atoms with E-state index in [1.165, 1.54) is 0 Å². The van der Waals surface area contributed by atoms with Crippen molar-refractivity contribution in [2.75, 3.05) is 37.5 Å². The van der Waals surface area contributed by atoms with Crippen LogP contribution in [0, 0.1) is 0 Å². The SMILES string of the molecule is CN(C)OCCCN1C(=O)C(NC(=O)Nc2ccc(Cl)cc2)N=C(c2ccccc2)c2ccccc21. The van der Waals surface area contributed by atoms with E-state index in [-0.39, 0.29) is 5.91 Å². The number of benzodiazepines with no additional fused rings is 1. The Morgan fingerprint density at radius 3 is 2.44 bits per heavy atom. The lowest BCUT2D eigenvalue weighted by Crippen LogP contribution is -2.49. The topological polar surface area (TPSA) is 86.3 Å². The lowest BCUT2D eigenvalue weighted by Gasteiger charge is -2.25. The average Bonchev–Trinajstić information content (AvgIpc) is 2.98. The zero-order valence-corrected chi connectivity index (χ0v) is 20.9. The zero-order valence-electron chi connectivity index (χ0n) is 20.1. The normalized spacial score (nSPS) is 15.2. The van der Waals surface area contributed by atoms with E-state index in [2.05, 4.69) is 10.6 Å². The molecule has 3 aromatic carbocycles. The summed E-state index contributed by atoms with van der Waals surface area (Å²) in [5.41, 5.74) is 3.57. The Kier molecular flexibility index (Phi) is 8.32. The van der Waals surface area contributed by atoms with Crippen molar-refractivity contribution in [2.24, 2.45) is 4.99 Å². The van der Waals surface area contributed by atoms with E-state index in [1.54, 1.807) is 34.2 Å². The Morgan fingerprint density at radius 1 is 1.03 bits per heavy atom. The number of benzene rings is 3. The number of hydrogen-bond acceptors (Lipinski definition) is 5. The van der Waals surface area contributed by atoms with Gasteiger partial charge in [0.15, 0.2) is 0 Å². The van der Waals surface area contributed by atoms with Crippen LogP contribution in [0.4, 0.5) is 16.2 Å². The first-order valence-electron chi connectivity index (χ1n) is 11.6. The highest BCUT2D eigenvalue weighted by molar-refractivity contribution is 6.30. The third kappa shape index (κ3) is 6.28. The molecular weight excluding hydrogens is 478 g/mol. The summed E-state index contributed by atoms with van der Waals surface area (Å²) in [5.74, 6) is -0.329. The molecule has 1 atom stereocenters. The fourth-order valence-electron chi connectivity index (χ4n) is 3.87. The summed E-state index contributed by atoms with van der Waals surface area (Å²) >= 11 is 5.94. The molecule has 2 N–H and O–H groups in total. The van der Waals surface area contributed by atoms with Gasteiger partial charge in [0.25, 0.3) is 5.91 Å². The third-order valence-electron chi connectivity index (χ3n) is 5.50. The van der Waals surface area contributed by atoms with Gasteiger partial charge in [-0.3, -0.25) is 9.63 Å². The molecule has 0 saturated carbocycles. The minimum Gasteiger partial charge on any atom is -0.308 e. The van der Waals surface area contributed by atoms with Crippen molar-refractivity contribution in [3.8, 4) is 0 Å². The largest absolute Gasteiger partial charge is 0.321 e. The maximum atomic E-state index is 13.8. The van der Waals surface area contributed by atoms with Gasteiger partial charge in [0, 0.05) is 42.5 Å². The lowest BCUT2D eigenvalue weighted by molar-refractivity contribution is -0.122. The molecule has 186 valence electrons. The number of aliphatic imine (C=N–C) groups is 1. The lowest BCUT2D eigenvalue weighted by atomic mass is 10.0. The molecule has 8 nitrogen and oxygen atoms in total. The number of hydroxylamine groups is 2. The van der Waals surface area contributed by atoms with E-state index < -0.39 is 12.2 Å². The number of amides is 3. The van der Waals surface area contributed by atoms with E-state index in [1.807, 2.05) is 68.7 Å². The highest BCUT2D eigenvalue weighted by Gasteiger charge is 2.32. The molecule has 0 spiro atoms. The second kappa shape index (κ2) is 11.8. The Hall–Kier alpha value is -3.72. The summed E-state index contributed by atoms with van der Waals surface area (Å²) in [5, 5.41) is 7.67. The molecule has 0 bridgehead atoms. The number of anilines is 2. The van der Waals surface area contributed by atoms with Crippen LogP contribution in [-0.2, 0) is 9.63 Å². The van der Waals surface area contributed by atoms with Crippen LogP contribution in [0.1, 0.15) is 17.5 Å². The summed E-state index contributed by atoms with van der Waals surface area (Å²) < 4.78 is 0. The predicted octanol–water partition coefficient (Wildman–Crippen LogP) is 4.56. The van der Waals surface area contributed by atoms with Crippen molar-refractivity contribution in [1.82, 2.24) is 10.4 Å². The molecule has 0 aromatic heterocycles. The number of carbonyl (C=O) groups excluding carboxylic acids is 2. The van der Waals surface area contributed by atoms with Crippen molar-refractivity contribution in [1.29, 1.82) is 0 Å². The second-order valence-electron chi connectivity index (χ2n) is 8.36. The minimum atomic E-state index is -1.13. The quantitative estimate of drug-likeness (QED) is 0.347. The number of urea groups is 1. The number of carbonyl (C=O) groups is 2. The molecular formula is C27H28ClN5O3. The Bertz CT molecular complexity index is 1230. The molecule has 1 heterocycles. The molecule has 1 aliphatic rings. The van der Waals surface area contributed by atoms with Crippen LogP contribution in [0.5, 0.6) is 0 Å². The first kappa shape index (κ1) is 25.4. The van der Waals surface area contributed by atoms with Crippen molar-refractivity contribution >= 4 is 40.6 Å². The monoisotopic (exact) mass is 505 g/mol. The van der Waals surface area contributed by atoms with Crippen molar-refractivity contribution < 1.29 is 14.4 Å². The highest BCUT2D eigenvalue weighted by atomic mass is 35.5. The molecule has 3 aromatic rings. The molecule has 9 heteroatoms. The van der Waals surface area contributed by atoms with Gasteiger partial charge < -0.3 is 15.5 Å². The van der Waals surface area contributed by atoms with Crippen molar-refractivity contribution in [3.05, 3.63) is 95.0 Å². The van der Waals surface area contributed by atoms with Gasteiger partial charge in [-0.25, -0.2) is 9.79 Å². The van der Waals surface area contributed by atoms with Gasteiger partial charge in [-0.1, -0.05) is 60.1 Å². The van der Waals surface area contributed by atoms with E-state index >= 15 is 0 Å². The first-order valence-corrected chi connectivity index (χ1v) is 12.0. The van der Waals surface area contributed by atoms with Crippen LogP contribution in [-0.4, -0.2) is 56.1 Å². The molecule has 4 rings (SSSR count). The molecule has 0 aliphatic carbocycles. The summed E-state index contributed by atoms with van der Waals surface area (Å²) in [4.78, 5) is 38.6. The predicted molar refractivity (Wildman–Crippen MR) is 143 cm³/mol. The van der Waals surface area contributed by atoms with Crippen LogP contribution in [0.15, 0.2) is 83.9 Å².